The van der Waals surface area contributed by atoms with E-state index in [1.165, 1.54) is 7.11 Å². The fraction of sp³-hybridized carbons (Fsp3) is 0.684. The molecule has 1 aliphatic carbocycles. The third-order valence-corrected chi connectivity index (χ3v) is 4.94. The van der Waals surface area contributed by atoms with E-state index >= 15 is 0 Å². The fourth-order valence-corrected chi connectivity index (χ4v) is 3.75. The van der Waals surface area contributed by atoms with Gasteiger partial charge in [-0.1, -0.05) is 6.42 Å². The van der Waals surface area contributed by atoms with Crippen molar-refractivity contribution in [2.45, 2.75) is 76.7 Å². The molecule has 30 heavy (non-hydrogen) atoms. The molecule has 2 amide bonds. The van der Waals surface area contributed by atoms with Crippen molar-refractivity contribution in [3.05, 3.63) is 11.3 Å². The number of carbonyl (C=O) groups is 2. The summed E-state index contributed by atoms with van der Waals surface area (Å²) in [4.78, 5) is 34.0. The number of ether oxygens (including phenoxy) is 2. The number of carbonyl (C=O) groups excluding carboxylic acids is 2. The lowest BCUT2D eigenvalue weighted by molar-refractivity contribution is -0.112. The number of rotatable bonds is 3. The quantitative estimate of drug-likeness (QED) is 0.712. The Hall–Kier alpha value is -2.56. The number of nitrogens with zero attached hydrogens (tertiary/aromatic N) is 3. The van der Waals surface area contributed by atoms with Crippen LogP contribution < -0.4 is 10.1 Å². The van der Waals surface area contributed by atoms with E-state index in [-0.39, 0.29) is 42.5 Å². The van der Waals surface area contributed by atoms with Crippen LogP contribution in [-0.2, 0) is 11.3 Å². The first kappa shape index (κ1) is 22.1. The Balaban J connectivity index is 1.91. The maximum atomic E-state index is 14.7. The van der Waals surface area contributed by atoms with E-state index in [9.17, 15) is 23.5 Å². The smallest absolute Gasteiger partial charge is 0.414 e. The van der Waals surface area contributed by atoms with E-state index < -0.39 is 42.1 Å². The molecule has 2 heterocycles. The van der Waals surface area contributed by atoms with E-state index in [1.54, 1.807) is 20.8 Å². The SMILES string of the molecule is COc1nc(NC(=O)OC(C)(C)C)nc2c1C(=O)N([C@H]1[C@@H](O)CCCCC1(F)F)C2. The van der Waals surface area contributed by atoms with Gasteiger partial charge in [0.05, 0.1) is 25.5 Å². The molecule has 0 spiro atoms. The number of aliphatic hydroxyl groups is 1. The van der Waals surface area contributed by atoms with Gasteiger partial charge in [0.25, 0.3) is 11.8 Å². The van der Waals surface area contributed by atoms with Gasteiger partial charge in [0, 0.05) is 6.42 Å². The summed E-state index contributed by atoms with van der Waals surface area (Å²) in [7, 11) is 1.27. The average Bonchev–Trinajstić information content (AvgIpc) is 2.85. The van der Waals surface area contributed by atoms with Crippen molar-refractivity contribution < 1.29 is 33.0 Å². The average molecular weight is 428 g/mol. The number of aromatic nitrogens is 2. The summed E-state index contributed by atoms with van der Waals surface area (Å²) >= 11 is 0. The van der Waals surface area contributed by atoms with Crippen molar-refractivity contribution >= 4 is 17.9 Å². The number of amides is 2. The molecule has 11 heteroatoms. The van der Waals surface area contributed by atoms with Gasteiger partial charge in [-0.2, -0.15) is 4.98 Å². The van der Waals surface area contributed by atoms with Crippen LogP contribution in [-0.4, -0.2) is 62.8 Å². The summed E-state index contributed by atoms with van der Waals surface area (Å²) in [5.74, 6) is -4.31. The molecular weight excluding hydrogens is 402 g/mol. The monoisotopic (exact) mass is 428 g/mol. The summed E-state index contributed by atoms with van der Waals surface area (Å²) in [6.45, 7) is 4.80. The number of halogens is 2. The topological polar surface area (TPSA) is 114 Å². The lowest BCUT2D eigenvalue weighted by atomic mass is 10.0. The first-order chi connectivity index (χ1) is 13.9. The van der Waals surface area contributed by atoms with Gasteiger partial charge in [-0.3, -0.25) is 10.1 Å². The number of hydrogen-bond acceptors (Lipinski definition) is 7. The van der Waals surface area contributed by atoms with Crippen LogP contribution in [0.25, 0.3) is 0 Å². The van der Waals surface area contributed by atoms with Crippen molar-refractivity contribution in [3.63, 3.8) is 0 Å². The van der Waals surface area contributed by atoms with Gasteiger partial charge in [0.15, 0.2) is 0 Å². The Morgan fingerprint density at radius 2 is 2.00 bits per heavy atom. The van der Waals surface area contributed by atoms with Crippen LogP contribution >= 0.6 is 0 Å². The Labute approximate surface area is 172 Å². The highest BCUT2D eigenvalue weighted by molar-refractivity contribution is 6.00. The van der Waals surface area contributed by atoms with Gasteiger partial charge in [-0.25, -0.2) is 18.6 Å². The number of anilines is 1. The molecule has 0 unspecified atom stereocenters. The molecule has 0 saturated heterocycles. The Bertz CT molecular complexity index is 843. The summed E-state index contributed by atoms with van der Waals surface area (Å²) in [6.07, 6.45) is -1.69. The highest BCUT2D eigenvalue weighted by Gasteiger charge is 2.52. The molecular formula is C19H26F2N4O5. The molecule has 3 rings (SSSR count). The molecule has 2 aliphatic rings. The minimum Gasteiger partial charge on any atom is -0.480 e. The molecule has 1 fully saturated rings. The predicted molar refractivity (Wildman–Crippen MR) is 102 cm³/mol. The third-order valence-electron chi connectivity index (χ3n) is 4.94. The lowest BCUT2D eigenvalue weighted by Crippen LogP contribution is -2.53. The maximum absolute atomic E-state index is 14.7. The van der Waals surface area contributed by atoms with Crippen LogP contribution in [0.3, 0.4) is 0 Å². The number of aliphatic hydroxyl groups excluding tert-OH is 1. The summed E-state index contributed by atoms with van der Waals surface area (Å²) in [6, 6.07) is -1.67. The third kappa shape index (κ3) is 4.45. The minimum atomic E-state index is -3.24. The number of methoxy groups -OCH3 is 1. The second-order valence-corrected chi connectivity index (χ2v) is 8.46. The van der Waals surface area contributed by atoms with E-state index in [0.29, 0.717) is 6.42 Å². The number of hydrogen-bond donors (Lipinski definition) is 2. The van der Waals surface area contributed by atoms with Gasteiger partial charge in [0.1, 0.15) is 17.2 Å². The van der Waals surface area contributed by atoms with Gasteiger partial charge < -0.3 is 19.5 Å². The first-order valence-electron chi connectivity index (χ1n) is 9.74. The normalized spacial score (nSPS) is 23.6. The van der Waals surface area contributed by atoms with Crippen molar-refractivity contribution in [2.24, 2.45) is 0 Å². The number of nitrogens with one attached hydrogen (secondary N) is 1. The van der Waals surface area contributed by atoms with Gasteiger partial charge >= 0.3 is 6.09 Å². The largest absolute Gasteiger partial charge is 0.480 e. The standard InChI is InChI=1S/C19H26F2N4O5/c1-18(2,3)30-17(28)24-16-22-10-9-25(15(27)12(10)14(23-16)29-4)13-11(26)7-5-6-8-19(13,20)21/h11,13,26H,5-9H2,1-4H3,(H,22,23,24,28)/t11-,13-/m0/s1. The zero-order valence-electron chi connectivity index (χ0n) is 17.4. The second-order valence-electron chi connectivity index (χ2n) is 8.46. The maximum Gasteiger partial charge on any atom is 0.414 e. The van der Waals surface area contributed by atoms with Gasteiger partial charge in [0.2, 0.25) is 11.8 Å². The Morgan fingerprint density at radius 3 is 2.63 bits per heavy atom. The molecule has 1 saturated carbocycles. The van der Waals surface area contributed by atoms with Crippen LogP contribution in [0.2, 0.25) is 0 Å². The van der Waals surface area contributed by atoms with E-state index in [2.05, 4.69) is 15.3 Å². The van der Waals surface area contributed by atoms with E-state index in [1.807, 2.05) is 0 Å². The molecule has 9 nitrogen and oxygen atoms in total. The van der Waals surface area contributed by atoms with Crippen molar-refractivity contribution in [1.82, 2.24) is 14.9 Å². The summed E-state index contributed by atoms with van der Waals surface area (Å²) in [5, 5.41) is 12.7. The molecule has 2 atom stereocenters. The fourth-order valence-electron chi connectivity index (χ4n) is 3.75. The zero-order valence-corrected chi connectivity index (χ0v) is 17.4. The molecule has 1 aromatic heterocycles. The summed E-state index contributed by atoms with van der Waals surface area (Å²) < 4.78 is 39.7. The van der Waals surface area contributed by atoms with E-state index in [4.69, 9.17) is 9.47 Å². The number of alkyl halides is 2. The van der Waals surface area contributed by atoms with Crippen LogP contribution in [0.5, 0.6) is 5.88 Å². The molecule has 0 aromatic carbocycles. The highest BCUT2D eigenvalue weighted by Crippen LogP contribution is 2.40. The van der Waals surface area contributed by atoms with Crippen LogP contribution in [0.1, 0.15) is 62.5 Å². The number of fused-ring (bicyclic) bond motifs is 1. The molecule has 1 aliphatic heterocycles. The van der Waals surface area contributed by atoms with Crippen molar-refractivity contribution in [2.75, 3.05) is 12.4 Å². The minimum absolute atomic E-state index is 0.0560. The second kappa shape index (κ2) is 7.93. The van der Waals surface area contributed by atoms with Crippen molar-refractivity contribution in [3.8, 4) is 5.88 Å². The Morgan fingerprint density at radius 1 is 1.30 bits per heavy atom. The van der Waals surface area contributed by atoms with Crippen LogP contribution in [0, 0.1) is 0 Å². The summed E-state index contributed by atoms with van der Waals surface area (Å²) in [5.41, 5.74) is -0.677. The predicted octanol–water partition coefficient (Wildman–Crippen LogP) is 2.73. The van der Waals surface area contributed by atoms with Crippen LogP contribution in [0.4, 0.5) is 19.5 Å². The van der Waals surface area contributed by atoms with Gasteiger partial charge in [-0.15, -0.1) is 0 Å². The first-order valence-corrected chi connectivity index (χ1v) is 9.74. The zero-order chi connectivity index (χ0) is 22.3. The molecule has 2 N–H and O–H groups in total. The lowest BCUT2D eigenvalue weighted by Gasteiger charge is -2.35. The van der Waals surface area contributed by atoms with E-state index in [0.717, 1.165) is 4.90 Å². The molecule has 1 aromatic rings. The highest BCUT2D eigenvalue weighted by atomic mass is 19.3. The Kier molecular flexibility index (Phi) is 5.85. The van der Waals surface area contributed by atoms with Gasteiger partial charge in [-0.05, 0) is 33.6 Å². The molecule has 166 valence electrons. The molecule has 0 radical (unpaired) electrons. The van der Waals surface area contributed by atoms with Crippen LogP contribution in [0.15, 0.2) is 0 Å². The van der Waals surface area contributed by atoms with Crippen molar-refractivity contribution in [1.29, 1.82) is 0 Å². The molecule has 0 bridgehead atoms.